The molecule has 0 saturated carbocycles. The molecule has 0 bridgehead atoms. The number of aryl methyl sites for hydroxylation is 1. The minimum absolute atomic E-state index is 0.241. The maximum Gasteiger partial charge on any atom is 0.310 e. The Morgan fingerprint density at radius 1 is 1.48 bits per heavy atom. The van der Waals surface area contributed by atoms with Gasteiger partial charge in [-0.3, -0.25) is 14.5 Å². The zero-order valence-corrected chi connectivity index (χ0v) is 13.0. The molecule has 0 fully saturated rings. The van der Waals surface area contributed by atoms with Crippen LogP contribution in [0.15, 0.2) is 23.5 Å². The monoisotopic (exact) mass is 295 g/mol. The highest BCUT2D eigenvalue weighted by Gasteiger charge is 2.12. The Hall–Kier alpha value is -2.05. The highest BCUT2D eigenvalue weighted by atomic mass is 16.5. The van der Waals surface area contributed by atoms with Gasteiger partial charge in [0.25, 0.3) is 0 Å². The first kappa shape index (κ1) is 17.0. The van der Waals surface area contributed by atoms with Crippen LogP contribution in [-0.4, -0.2) is 48.5 Å². The van der Waals surface area contributed by atoms with E-state index in [9.17, 15) is 4.79 Å². The number of nitrogens with zero attached hydrogens (tertiary/aromatic N) is 3. The van der Waals surface area contributed by atoms with Gasteiger partial charge in [-0.2, -0.15) is 5.10 Å². The van der Waals surface area contributed by atoms with Crippen molar-refractivity contribution in [1.82, 2.24) is 20.4 Å². The largest absolute Gasteiger partial charge is 0.469 e. The Balaban J connectivity index is 2.32. The van der Waals surface area contributed by atoms with E-state index < -0.39 is 0 Å². The van der Waals surface area contributed by atoms with Gasteiger partial charge in [-0.1, -0.05) is 6.92 Å². The van der Waals surface area contributed by atoms with Crippen molar-refractivity contribution in [3.8, 4) is 0 Å². The van der Waals surface area contributed by atoms with Gasteiger partial charge >= 0.3 is 5.97 Å². The molecule has 1 aromatic heterocycles. The first-order valence-corrected chi connectivity index (χ1v) is 7.24. The predicted molar refractivity (Wildman–Crippen MR) is 82.0 cm³/mol. The van der Waals surface area contributed by atoms with E-state index in [1.54, 1.807) is 13.1 Å². The van der Waals surface area contributed by atoms with Gasteiger partial charge in [0.2, 0.25) is 0 Å². The summed E-state index contributed by atoms with van der Waals surface area (Å²) in [6.07, 6.45) is 4.66. The van der Waals surface area contributed by atoms with Gasteiger partial charge in [-0.05, 0) is 19.4 Å². The van der Waals surface area contributed by atoms with Crippen LogP contribution >= 0.6 is 0 Å². The van der Waals surface area contributed by atoms with Crippen molar-refractivity contribution in [1.29, 1.82) is 0 Å². The van der Waals surface area contributed by atoms with Crippen LogP contribution in [0.2, 0.25) is 0 Å². The fourth-order valence-corrected chi connectivity index (χ4v) is 1.73. The summed E-state index contributed by atoms with van der Waals surface area (Å²) in [5.41, 5.74) is 0. The molecule has 7 heteroatoms. The first-order valence-electron chi connectivity index (χ1n) is 7.24. The fraction of sp³-hybridized carbons (Fsp3) is 0.643. The first-order chi connectivity index (χ1) is 10.2. The number of hydrogen-bond acceptors (Lipinski definition) is 4. The Labute approximate surface area is 125 Å². The van der Waals surface area contributed by atoms with Crippen molar-refractivity contribution in [2.75, 3.05) is 26.7 Å². The topological polar surface area (TPSA) is 80.5 Å². The molecule has 1 aromatic rings. The molecule has 1 rings (SSSR count). The molecular formula is C14H25N5O2. The van der Waals surface area contributed by atoms with E-state index in [0.29, 0.717) is 12.5 Å². The molecule has 7 nitrogen and oxygen atoms in total. The zero-order chi connectivity index (χ0) is 15.5. The second-order valence-electron chi connectivity index (χ2n) is 4.69. The minimum Gasteiger partial charge on any atom is -0.469 e. The molecule has 0 aliphatic rings. The number of carbonyl (C=O) groups is 1. The van der Waals surface area contributed by atoms with Crippen LogP contribution in [0.25, 0.3) is 0 Å². The molecule has 0 saturated heterocycles. The number of aromatic nitrogens is 2. The number of nitrogens with one attached hydrogen (secondary N) is 2. The zero-order valence-electron chi connectivity index (χ0n) is 13.0. The maximum absolute atomic E-state index is 11.3. The molecule has 0 aliphatic carbocycles. The standard InChI is InChI=1S/C14H25N5O2/c1-4-15-14(17-11-12(2)13(20)21-3)16-7-5-9-19-10-6-8-18-19/h6,8,10,12H,4-5,7,9,11H2,1-3H3,(H2,15,16,17). The third-order valence-corrected chi connectivity index (χ3v) is 2.89. The van der Waals surface area contributed by atoms with Crippen LogP contribution in [0.3, 0.4) is 0 Å². The molecule has 0 aromatic carbocycles. The summed E-state index contributed by atoms with van der Waals surface area (Å²) >= 11 is 0. The van der Waals surface area contributed by atoms with E-state index in [1.807, 2.05) is 23.9 Å². The van der Waals surface area contributed by atoms with Crippen LogP contribution in [0.1, 0.15) is 20.3 Å². The van der Waals surface area contributed by atoms with E-state index in [1.165, 1.54) is 7.11 Å². The number of carbonyl (C=O) groups excluding carboxylic acids is 1. The summed E-state index contributed by atoms with van der Waals surface area (Å²) in [7, 11) is 1.39. The van der Waals surface area contributed by atoms with Crippen molar-refractivity contribution < 1.29 is 9.53 Å². The number of rotatable bonds is 8. The third kappa shape index (κ3) is 6.78. The molecule has 0 amide bonds. The van der Waals surface area contributed by atoms with E-state index in [4.69, 9.17) is 0 Å². The number of hydrogen-bond donors (Lipinski definition) is 2. The molecule has 118 valence electrons. The Bertz CT molecular complexity index is 431. The lowest BCUT2D eigenvalue weighted by atomic mass is 10.2. The van der Waals surface area contributed by atoms with Gasteiger partial charge in [-0.15, -0.1) is 0 Å². The summed E-state index contributed by atoms with van der Waals surface area (Å²) in [5.74, 6) is 0.233. The summed E-state index contributed by atoms with van der Waals surface area (Å²) in [6, 6.07) is 1.91. The molecule has 0 radical (unpaired) electrons. The number of ether oxygens (including phenoxy) is 1. The smallest absolute Gasteiger partial charge is 0.310 e. The molecule has 1 unspecified atom stereocenters. The second-order valence-corrected chi connectivity index (χ2v) is 4.69. The Morgan fingerprint density at radius 3 is 2.90 bits per heavy atom. The van der Waals surface area contributed by atoms with Gasteiger partial charge in [0.05, 0.1) is 19.6 Å². The van der Waals surface area contributed by atoms with E-state index in [-0.39, 0.29) is 11.9 Å². The highest BCUT2D eigenvalue weighted by molar-refractivity contribution is 5.80. The average Bonchev–Trinajstić information content (AvgIpc) is 3.01. The molecule has 2 N–H and O–H groups in total. The maximum atomic E-state index is 11.3. The van der Waals surface area contributed by atoms with Crippen LogP contribution in [0, 0.1) is 5.92 Å². The molecular weight excluding hydrogens is 270 g/mol. The van der Waals surface area contributed by atoms with Gasteiger partial charge in [-0.25, -0.2) is 0 Å². The lowest BCUT2D eigenvalue weighted by molar-refractivity contribution is -0.144. The van der Waals surface area contributed by atoms with E-state index in [0.717, 1.165) is 26.1 Å². The summed E-state index contributed by atoms with van der Waals surface area (Å²) in [5, 5.41) is 10.5. The van der Waals surface area contributed by atoms with Crippen molar-refractivity contribution in [2.45, 2.75) is 26.8 Å². The minimum atomic E-state index is -0.242. The van der Waals surface area contributed by atoms with Crippen LogP contribution in [0.4, 0.5) is 0 Å². The van der Waals surface area contributed by atoms with Crippen molar-refractivity contribution in [2.24, 2.45) is 10.9 Å². The quantitative estimate of drug-likeness (QED) is 0.318. The molecule has 1 atom stereocenters. The molecule has 0 spiro atoms. The van der Waals surface area contributed by atoms with Gasteiger partial charge < -0.3 is 15.4 Å². The van der Waals surface area contributed by atoms with E-state index >= 15 is 0 Å². The lowest BCUT2D eigenvalue weighted by Crippen LogP contribution is -2.38. The van der Waals surface area contributed by atoms with Crippen molar-refractivity contribution in [3.63, 3.8) is 0 Å². The van der Waals surface area contributed by atoms with Gasteiger partial charge in [0.15, 0.2) is 5.96 Å². The van der Waals surface area contributed by atoms with Gasteiger partial charge in [0.1, 0.15) is 0 Å². The Morgan fingerprint density at radius 2 is 2.29 bits per heavy atom. The normalized spacial score (nSPS) is 12.8. The second kappa shape index (κ2) is 9.79. The Kier molecular flexibility index (Phi) is 7.93. The summed E-state index contributed by atoms with van der Waals surface area (Å²) in [4.78, 5) is 15.7. The molecule has 21 heavy (non-hydrogen) atoms. The van der Waals surface area contributed by atoms with Crippen LogP contribution in [-0.2, 0) is 16.1 Å². The predicted octanol–water partition coefficient (Wildman–Crippen LogP) is 0.637. The van der Waals surface area contributed by atoms with Crippen LogP contribution < -0.4 is 10.6 Å². The average molecular weight is 295 g/mol. The summed E-state index contributed by atoms with van der Waals surface area (Å²) in [6.45, 7) is 6.64. The third-order valence-electron chi connectivity index (χ3n) is 2.89. The number of aliphatic imine (C=N–C) groups is 1. The van der Waals surface area contributed by atoms with Crippen molar-refractivity contribution in [3.05, 3.63) is 18.5 Å². The highest BCUT2D eigenvalue weighted by Crippen LogP contribution is 1.98. The molecule has 1 heterocycles. The SMILES string of the molecule is CCNC(=NCC(C)C(=O)OC)NCCCn1cccn1. The van der Waals surface area contributed by atoms with E-state index in [2.05, 4.69) is 25.5 Å². The summed E-state index contributed by atoms with van der Waals surface area (Å²) < 4.78 is 6.58. The number of esters is 1. The fourth-order valence-electron chi connectivity index (χ4n) is 1.73. The van der Waals surface area contributed by atoms with Gasteiger partial charge in [0, 0.05) is 32.0 Å². The van der Waals surface area contributed by atoms with Crippen LogP contribution in [0.5, 0.6) is 0 Å². The van der Waals surface area contributed by atoms with Crippen molar-refractivity contribution >= 4 is 11.9 Å². The number of methoxy groups -OCH3 is 1. The lowest BCUT2D eigenvalue weighted by Gasteiger charge is -2.12. The molecule has 0 aliphatic heterocycles. The number of guanidine groups is 1.